The van der Waals surface area contributed by atoms with Gasteiger partial charge < -0.3 is 25.4 Å². The van der Waals surface area contributed by atoms with Crippen molar-refractivity contribution in [2.45, 2.75) is 62.6 Å². The summed E-state index contributed by atoms with van der Waals surface area (Å²) in [4.78, 5) is 57.0. The van der Waals surface area contributed by atoms with Crippen molar-refractivity contribution in [3.8, 4) is 0 Å². The van der Waals surface area contributed by atoms with Gasteiger partial charge in [0.15, 0.2) is 0 Å². The number of amides is 3. The normalized spacial score (nSPS) is 28.3. The fraction of sp³-hybridized carbons (Fsp3) is 0.400. The van der Waals surface area contributed by atoms with Crippen molar-refractivity contribution in [3.05, 3.63) is 54.4 Å². The summed E-state index contributed by atoms with van der Waals surface area (Å²) in [6, 6.07) is 6.53. The molecule has 4 heterocycles. The van der Waals surface area contributed by atoms with Crippen LogP contribution in [0.5, 0.6) is 0 Å². The molecule has 3 N–H and O–H groups in total. The summed E-state index contributed by atoms with van der Waals surface area (Å²) in [7, 11) is 0. The van der Waals surface area contributed by atoms with Crippen LogP contribution in [0.15, 0.2) is 48.7 Å². The van der Waals surface area contributed by atoms with E-state index in [4.69, 9.17) is 4.74 Å². The highest BCUT2D eigenvalue weighted by Gasteiger charge is 2.45. The summed E-state index contributed by atoms with van der Waals surface area (Å²) in [5, 5.41) is 16.9. The summed E-state index contributed by atoms with van der Waals surface area (Å²) in [5.41, 5.74) is 0.231. The first kappa shape index (κ1) is 23.0. The van der Waals surface area contributed by atoms with Crippen LogP contribution in [0.3, 0.4) is 0 Å². The minimum atomic E-state index is -1.41. The first-order chi connectivity index (χ1) is 16.9. The molecule has 3 amide bonds. The van der Waals surface area contributed by atoms with Gasteiger partial charge in [-0.3, -0.25) is 24.2 Å². The van der Waals surface area contributed by atoms with Crippen molar-refractivity contribution < 1.29 is 29.0 Å². The topological polar surface area (TPSA) is 138 Å². The lowest BCUT2D eigenvalue weighted by molar-refractivity contribution is -0.155. The van der Waals surface area contributed by atoms with Crippen LogP contribution >= 0.6 is 0 Å². The number of aliphatic hydroxyl groups is 1. The minimum absolute atomic E-state index is 0.129. The number of esters is 1. The Kier molecular flexibility index (Phi) is 6.21. The lowest BCUT2D eigenvalue weighted by Crippen LogP contribution is -2.57. The quantitative estimate of drug-likeness (QED) is 0.436. The second-order valence-corrected chi connectivity index (χ2v) is 9.04. The minimum Gasteiger partial charge on any atom is -0.434 e. The van der Waals surface area contributed by atoms with Gasteiger partial charge in [-0.2, -0.15) is 0 Å². The molecule has 2 aromatic rings. The van der Waals surface area contributed by atoms with E-state index in [1.807, 2.05) is 36.4 Å². The van der Waals surface area contributed by atoms with Crippen molar-refractivity contribution in [3.63, 3.8) is 0 Å². The summed E-state index contributed by atoms with van der Waals surface area (Å²) in [5.74, 6) is -1.85. The number of benzene rings is 1. The summed E-state index contributed by atoms with van der Waals surface area (Å²) < 4.78 is 4.69. The number of pyridine rings is 1. The third kappa shape index (κ3) is 4.49. The molecule has 3 aliphatic heterocycles. The largest absolute Gasteiger partial charge is 0.434 e. The Labute approximate surface area is 201 Å². The number of hydrogen-bond acceptors (Lipinski definition) is 7. The number of aliphatic hydroxyl groups excluding tert-OH is 1. The van der Waals surface area contributed by atoms with Gasteiger partial charge >= 0.3 is 5.97 Å². The SMILES string of the molecule is O=C1C[C@H](NC(=O)[C@@H]2CC[C@@H]3CC=CC[C@H](NC(=O)c4nccc5ccccc45)C(=O)N32)C(O)O1. The monoisotopic (exact) mass is 478 g/mol. The molecule has 5 atom stereocenters. The Bertz CT molecular complexity index is 1210. The second kappa shape index (κ2) is 9.46. The number of ether oxygens (including phenoxy) is 1. The van der Waals surface area contributed by atoms with Crippen LogP contribution in [0.1, 0.15) is 42.6 Å². The van der Waals surface area contributed by atoms with E-state index in [0.717, 1.165) is 5.39 Å². The molecule has 1 aromatic heterocycles. The number of rotatable bonds is 4. The van der Waals surface area contributed by atoms with E-state index in [0.29, 0.717) is 24.6 Å². The van der Waals surface area contributed by atoms with Gasteiger partial charge in [0.2, 0.25) is 18.1 Å². The number of hydrogen-bond donors (Lipinski definition) is 3. The van der Waals surface area contributed by atoms with Gasteiger partial charge in [0.25, 0.3) is 5.91 Å². The molecule has 5 rings (SSSR count). The molecule has 35 heavy (non-hydrogen) atoms. The first-order valence-corrected chi connectivity index (χ1v) is 11.7. The molecule has 0 saturated carbocycles. The van der Waals surface area contributed by atoms with E-state index in [1.165, 1.54) is 0 Å². The van der Waals surface area contributed by atoms with Crippen molar-refractivity contribution in [2.24, 2.45) is 0 Å². The van der Waals surface area contributed by atoms with E-state index in [2.05, 4.69) is 15.6 Å². The molecule has 1 aromatic carbocycles. The van der Waals surface area contributed by atoms with E-state index in [-0.39, 0.29) is 30.5 Å². The summed E-state index contributed by atoms with van der Waals surface area (Å²) in [6.07, 6.45) is 5.83. The van der Waals surface area contributed by atoms with E-state index in [9.17, 15) is 24.3 Å². The molecule has 2 fully saturated rings. The lowest BCUT2D eigenvalue weighted by Gasteiger charge is -2.34. The number of aromatic nitrogens is 1. The zero-order valence-electron chi connectivity index (χ0n) is 18.9. The summed E-state index contributed by atoms with van der Waals surface area (Å²) >= 11 is 0. The van der Waals surface area contributed by atoms with Crippen molar-refractivity contribution in [2.75, 3.05) is 0 Å². The van der Waals surface area contributed by atoms with Crippen molar-refractivity contribution in [1.82, 2.24) is 20.5 Å². The number of fused-ring (bicyclic) bond motifs is 2. The standard InChI is InChI=1S/C25H26N4O6/c30-20-13-18(25(34)35-20)28-22(31)19-10-9-15-6-2-4-8-17(24(33)29(15)19)27-23(32)21-16-7-3-1-5-14(16)11-12-26-21/h1-5,7,11-12,15,17-19,25,34H,6,8-10,13H2,(H,27,32)(H,28,31)/t15-,17-,18-,19-,25?/m0/s1. The predicted octanol–water partition coefficient (Wildman–Crippen LogP) is 0.793. The highest BCUT2D eigenvalue weighted by atomic mass is 16.6. The van der Waals surface area contributed by atoms with E-state index in [1.54, 1.807) is 17.2 Å². The number of carbonyl (C=O) groups is 4. The Morgan fingerprint density at radius 3 is 2.66 bits per heavy atom. The summed E-state index contributed by atoms with van der Waals surface area (Å²) in [6.45, 7) is 0. The molecule has 0 radical (unpaired) electrons. The van der Waals surface area contributed by atoms with E-state index < -0.39 is 42.2 Å². The maximum Gasteiger partial charge on any atom is 0.310 e. The van der Waals surface area contributed by atoms with Gasteiger partial charge in [0, 0.05) is 17.6 Å². The van der Waals surface area contributed by atoms with Crippen LogP contribution < -0.4 is 10.6 Å². The Morgan fingerprint density at radius 2 is 1.86 bits per heavy atom. The van der Waals surface area contributed by atoms with Crippen LogP contribution in [0.25, 0.3) is 10.8 Å². The number of nitrogens with zero attached hydrogens (tertiary/aromatic N) is 2. The molecule has 10 heteroatoms. The number of carbonyl (C=O) groups excluding carboxylic acids is 4. The molecule has 0 spiro atoms. The molecule has 1 unspecified atom stereocenters. The highest BCUT2D eigenvalue weighted by molar-refractivity contribution is 6.06. The maximum atomic E-state index is 13.6. The Morgan fingerprint density at radius 1 is 1.06 bits per heavy atom. The lowest BCUT2D eigenvalue weighted by atomic mass is 10.0. The van der Waals surface area contributed by atoms with Gasteiger partial charge in [-0.1, -0.05) is 36.4 Å². The average Bonchev–Trinajstić information content (AvgIpc) is 3.40. The average molecular weight is 479 g/mol. The van der Waals surface area contributed by atoms with Gasteiger partial charge in [0.1, 0.15) is 23.8 Å². The predicted molar refractivity (Wildman–Crippen MR) is 124 cm³/mol. The number of nitrogens with one attached hydrogen (secondary N) is 2. The second-order valence-electron chi connectivity index (χ2n) is 9.04. The molecule has 0 bridgehead atoms. The van der Waals surface area contributed by atoms with Gasteiger partial charge in [-0.25, -0.2) is 0 Å². The highest BCUT2D eigenvalue weighted by Crippen LogP contribution is 2.30. The maximum absolute atomic E-state index is 13.6. The molecule has 2 saturated heterocycles. The fourth-order valence-corrected chi connectivity index (χ4v) is 5.07. The molecule has 3 aliphatic rings. The zero-order chi connectivity index (χ0) is 24.5. The molecule has 10 nitrogen and oxygen atoms in total. The fourth-order valence-electron chi connectivity index (χ4n) is 5.07. The van der Waals surface area contributed by atoms with Gasteiger partial charge in [-0.05, 0) is 37.1 Å². The molecular formula is C25H26N4O6. The smallest absolute Gasteiger partial charge is 0.310 e. The molecule has 0 aliphatic carbocycles. The zero-order valence-corrected chi connectivity index (χ0v) is 18.9. The van der Waals surface area contributed by atoms with Gasteiger partial charge in [0.05, 0.1) is 6.42 Å². The van der Waals surface area contributed by atoms with Crippen LogP contribution in [0.4, 0.5) is 0 Å². The van der Waals surface area contributed by atoms with Crippen LogP contribution in [-0.2, 0) is 19.1 Å². The molecule has 182 valence electrons. The third-order valence-electron chi connectivity index (χ3n) is 6.81. The van der Waals surface area contributed by atoms with E-state index >= 15 is 0 Å². The van der Waals surface area contributed by atoms with Crippen LogP contribution in [0.2, 0.25) is 0 Å². The third-order valence-corrected chi connectivity index (χ3v) is 6.81. The van der Waals surface area contributed by atoms with Gasteiger partial charge in [-0.15, -0.1) is 0 Å². The number of cyclic esters (lactones) is 1. The van der Waals surface area contributed by atoms with Crippen LogP contribution in [0, 0.1) is 0 Å². The molecular weight excluding hydrogens is 452 g/mol. The van der Waals surface area contributed by atoms with Crippen molar-refractivity contribution >= 4 is 34.5 Å². The van der Waals surface area contributed by atoms with Crippen LogP contribution in [-0.4, -0.2) is 69.1 Å². The van der Waals surface area contributed by atoms with Crippen molar-refractivity contribution in [1.29, 1.82) is 0 Å². The Hall–Kier alpha value is -3.79. The first-order valence-electron chi connectivity index (χ1n) is 11.7. The Balaban J connectivity index is 1.35.